The molecule has 0 aromatic heterocycles. The second kappa shape index (κ2) is 6.83. The van der Waals surface area contributed by atoms with Crippen molar-refractivity contribution in [1.29, 1.82) is 0 Å². The van der Waals surface area contributed by atoms with Gasteiger partial charge in [0.1, 0.15) is 0 Å². The summed E-state index contributed by atoms with van der Waals surface area (Å²) >= 11 is 0. The molecule has 1 aliphatic heterocycles. The molecule has 1 saturated heterocycles. The van der Waals surface area contributed by atoms with Crippen LogP contribution in [0.1, 0.15) is 46.0 Å². The Labute approximate surface area is 93.0 Å². The highest BCUT2D eigenvalue weighted by Gasteiger charge is 2.13. The van der Waals surface area contributed by atoms with Crippen LogP contribution in [-0.4, -0.2) is 25.0 Å². The quantitative estimate of drug-likeness (QED) is 0.744. The second-order valence-electron chi connectivity index (χ2n) is 4.81. The fourth-order valence-corrected chi connectivity index (χ4v) is 2.11. The number of nitrogens with one attached hydrogen (secondary N) is 2. The van der Waals surface area contributed by atoms with Crippen LogP contribution in [0, 0.1) is 5.92 Å². The first-order valence-corrected chi connectivity index (χ1v) is 6.18. The van der Waals surface area contributed by atoms with Gasteiger partial charge in [0, 0.05) is 12.5 Å². The fourth-order valence-electron chi connectivity index (χ4n) is 2.11. The predicted molar refractivity (Wildman–Crippen MR) is 62.7 cm³/mol. The average Bonchev–Trinajstić information content (AvgIpc) is 2.41. The summed E-state index contributed by atoms with van der Waals surface area (Å²) < 4.78 is 0. The monoisotopic (exact) mass is 212 g/mol. The van der Waals surface area contributed by atoms with E-state index < -0.39 is 0 Å². The predicted octanol–water partition coefficient (Wildman–Crippen LogP) is 1.68. The van der Waals surface area contributed by atoms with Gasteiger partial charge in [-0.1, -0.05) is 0 Å². The van der Waals surface area contributed by atoms with E-state index in [0.29, 0.717) is 6.42 Å². The molecular weight excluding hydrogens is 188 g/mol. The molecule has 3 heteroatoms. The van der Waals surface area contributed by atoms with Gasteiger partial charge in [-0.05, 0) is 58.5 Å². The van der Waals surface area contributed by atoms with E-state index in [-0.39, 0.29) is 11.9 Å². The summed E-state index contributed by atoms with van der Waals surface area (Å²) in [6.45, 7) is 6.28. The molecule has 0 aromatic rings. The van der Waals surface area contributed by atoms with Gasteiger partial charge in [-0.15, -0.1) is 0 Å². The minimum atomic E-state index is 0.210. The van der Waals surface area contributed by atoms with Crippen molar-refractivity contribution in [3.63, 3.8) is 0 Å². The van der Waals surface area contributed by atoms with Crippen molar-refractivity contribution < 1.29 is 4.79 Å². The Balaban J connectivity index is 2.14. The zero-order chi connectivity index (χ0) is 11.1. The van der Waals surface area contributed by atoms with E-state index >= 15 is 0 Å². The molecule has 88 valence electrons. The molecule has 0 spiro atoms. The SMILES string of the molecule is CC(C)NC(=O)CCC1CCCNCC1. The largest absolute Gasteiger partial charge is 0.354 e. The van der Waals surface area contributed by atoms with Crippen molar-refractivity contribution in [1.82, 2.24) is 10.6 Å². The van der Waals surface area contributed by atoms with Crippen LogP contribution < -0.4 is 10.6 Å². The van der Waals surface area contributed by atoms with Gasteiger partial charge in [0.05, 0.1) is 0 Å². The van der Waals surface area contributed by atoms with Gasteiger partial charge in [-0.3, -0.25) is 4.79 Å². The number of hydrogen-bond acceptors (Lipinski definition) is 2. The summed E-state index contributed by atoms with van der Waals surface area (Å²) in [6.07, 6.45) is 5.52. The molecule has 1 unspecified atom stereocenters. The summed E-state index contributed by atoms with van der Waals surface area (Å²) in [5.74, 6) is 0.958. The van der Waals surface area contributed by atoms with Crippen molar-refractivity contribution in [2.45, 2.75) is 52.0 Å². The van der Waals surface area contributed by atoms with Crippen LogP contribution in [0.15, 0.2) is 0 Å². The number of carbonyl (C=O) groups is 1. The molecule has 0 radical (unpaired) electrons. The molecule has 0 saturated carbocycles. The first kappa shape index (κ1) is 12.5. The van der Waals surface area contributed by atoms with Crippen molar-refractivity contribution in [3.05, 3.63) is 0 Å². The third-order valence-corrected chi connectivity index (χ3v) is 2.92. The first-order valence-electron chi connectivity index (χ1n) is 6.18. The van der Waals surface area contributed by atoms with E-state index in [1.807, 2.05) is 13.8 Å². The third kappa shape index (κ3) is 5.78. The van der Waals surface area contributed by atoms with Gasteiger partial charge in [-0.2, -0.15) is 0 Å². The number of rotatable bonds is 4. The Kier molecular flexibility index (Phi) is 5.69. The highest BCUT2D eigenvalue weighted by atomic mass is 16.1. The van der Waals surface area contributed by atoms with Crippen LogP contribution >= 0.6 is 0 Å². The van der Waals surface area contributed by atoms with Gasteiger partial charge in [0.15, 0.2) is 0 Å². The number of amides is 1. The Bertz CT molecular complexity index is 184. The zero-order valence-electron chi connectivity index (χ0n) is 10.0. The number of hydrogen-bond donors (Lipinski definition) is 2. The molecule has 0 aliphatic carbocycles. The van der Waals surface area contributed by atoms with Crippen LogP contribution in [0.3, 0.4) is 0 Å². The lowest BCUT2D eigenvalue weighted by molar-refractivity contribution is -0.121. The van der Waals surface area contributed by atoms with E-state index in [1.165, 1.54) is 19.3 Å². The van der Waals surface area contributed by atoms with Crippen LogP contribution in [0.25, 0.3) is 0 Å². The van der Waals surface area contributed by atoms with Crippen molar-refractivity contribution in [3.8, 4) is 0 Å². The van der Waals surface area contributed by atoms with Gasteiger partial charge < -0.3 is 10.6 Å². The highest BCUT2D eigenvalue weighted by molar-refractivity contribution is 5.76. The molecule has 15 heavy (non-hydrogen) atoms. The van der Waals surface area contributed by atoms with Crippen molar-refractivity contribution in [2.75, 3.05) is 13.1 Å². The standard InChI is InChI=1S/C12H24N2O/c1-10(2)14-12(15)6-5-11-4-3-8-13-9-7-11/h10-11,13H,3-9H2,1-2H3,(H,14,15). The van der Waals surface area contributed by atoms with Crippen LogP contribution in [-0.2, 0) is 4.79 Å². The maximum atomic E-state index is 11.5. The molecule has 1 fully saturated rings. The summed E-state index contributed by atoms with van der Waals surface area (Å²) in [5, 5.41) is 6.34. The minimum Gasteiger partial charge on any atom is -0.354 e. The van der Waals surface area contributed by atoms with Crippen LogP contribution in [0.4, 0.5) is 0 Å². The Hall–Kier alpha value is -0.570. The van der Waals surface area contributed by atoms with Gasteiger partial charge in [-0.25, -0.2) is 0 Å². The Morgan fingerprint density at radius 1 is 1.40 bits per heavy atom. The summed E-state index contributed by atoms with van der Waals surface area (Å²) in [7, 11) is 0. The summed E-state index contributed by atoms with van der Waals surface area (Å²) in [4.78, 5) is 11.5. The lowest BCUT2D eigenvalue weighted by atomic mass is 9.95. The maximum Gasteiger partial charge on any atom is 0.220 e. The lowest BCUT2D eigenvalue weighted by Gasteiger charge is -2.14. The van der Waals surface area contributed by atoms with Gasteiger partial charge in [0.2, 0.25) is 5.91 Å². The highest BCUT2D eigenvalue weighted by Crippen LogP contribution is 2.18. The first-order chi connectivity index (χ1) is 7.18. The van der Waals surface area contributed by atoms with Crippen LogP contribution in [0.2, 0.25) is 0 Å². The fraction of sp³-hybridized carbons (Fsp3) is 0.917. The molecule has 2 N–H and O–H groups in total. The zero-order valence-corrected chi connectivity index (χ0v) is 10.0. The normalized spacial score (nSPS) is 22.5. The van der Waals surface area contributed by atoms with E-state index in [1.54, 1.807) is 0 Å². The molecule has 1 amide bonds. The molecular formula is C12H24N2O. The topological polar surface area (TPSA) is 41.1 Å². The average molecular weight is 212 g/mol. The molecule has 1 rings (SSSR count). The summed E-state index contributed by atoms with van der Waals surface area (Å²) in [6, 6.07) is 0.272. The van der Waals surface area contributed by atoms with E-state index in [0.717, 1.165) is 25.4 Å². The molecule has 1 atom stereocenters. The van der Waals surface area contributed by atoms with E-state index in [2.05, 4.69) is 10.6 Å². The Morgan fingerprint density at radius 2 is 2.20 bits per heavy atom. The van der Waals surface area contributed by atoms with E-state index in [4.69, 9.17) is 0 Å². The molecule has 1 heterocycles. The Morgan fingerprint density at radius 3 is 2.93 bits per heavy atom. The minimum absolute atomic E-state index is 0.210. The smallest absolute Gasteiger partial charge is 0.220 e. The van der Waals surface area contributed by atoms with Crippen LogP contribution in [0.5, 0.6) is 0 Å². The molecule has 0 bridgehead atoms. The second-order valence-corrected chi connectivity index (χ2v) is 4.81. The number of carbonyl (C=O) groups excluding carboxylic acids is 1. The van der Waals surface area contributed by atoms with Gasteiger partial charge in [0.25, 0.3) is 0 Å². The molecule has 3 nitrogen and oxygen atoms in total. The van der Waals surface area contributed by atoms with E-state index in [9.17, 15) is 4.79 Å². The third-order valence-electron chi connectivity index (χ3n) is 2.92. The van der Waals surface area contributed by atoms with Crippen molar-refractivity contribution >= 4 is 5.91 Å². The van der Waals surface area contributed by atoms with Gasteiger partial charge >= 0.3 is 0 Å². The lowest BCUT2D eigenvalue weighted by Crippen LogP contribution is -2.30. The molecule has 1 aliphatic rings. The maximum absolute atomic E-state index is 11.5. The summed E-state index contributed by atoms with van der Waals surface area (Å²) in [5.41, 5.74) is 0. The van der Waals surface area contributed by atoms with Crippen molar-refractivity contribution in [2.24, 2.45) is 5.92 Å². The molecule has 0 aromatic carbocycles.